The van der Waals surface area contributed by atoms with E-state index in [0.29, 0.717) is 25.5 Å². The molecule has 1 fully saturated rings. The molecule has 1 saturated heterocycles. The number of aliphatic imine (C=N–C) groups is 1. The number of aliphatic hydroxyl groups excluding tert-OH is 1. The lowest BCUT2D eigenvalue weighted by atomic mass is 10.0. The fourth-order valence-electron chi connectivity index (χ4n) is 5.32. The van der Waals surface area contributed by atoms with Gasteiger partial charge in [0.25, 0.3) is 0 Å². The summed E-state index contributed by atoms with van der Waals surface area (Å²) in [6, 6.07) is -7.75. The van der Waals surface area contributed by atoms with Gasteiger partial charge in [0.1, 0.15) is 36.5 Å². The Balaban J connectivity index is 2.77. The van der Waals surface area contributed by atoms with Gasteiger partial charge in [0.05, 0.1) is 31.8 Å². The lowest BCUT2D eigenvalue weighted by molar-refractivity contribution is -0.140. The van der Waals surface area contributed by atoms with Crippen molar-refractivity contribution in [1.82, 2.24) is 42.1 Å². The summed E-state index contributed by atoms with van der Waals surface area (Å²) >= 11 is 4.08. The molecule has 0 aromatic carbocycles. The van der Waals surface area contributed by atoms with E-state index < -0.39 is 103 Å². The Morgan fingerprint density at radius 1 is 0.839 bits per heavy atom. The van der Waals surface area contributed by atoms with Crippen molar-refractivity contribution in [1.29, 1.82) is 0 Å². The maximum atomic E-state index is 13.4. The molecule has 0 spiro atoms. The molecule has 0 radical (unpaired) electrons. The zero-order valence-corrected chi connectivity index (χ0v) is 33.1. The molecule has 1 rings (SSSR count). The number of aliphatic hydroxyl groups is 1. The largest absolute Gasteiger partial charge is 0.394 e. The minimum Gasteiger partial charge on any atom is -0.394 e. The quantitative estimate of drug-likeness (QED) is 0.0142. The van der Waals surface area contributed by atoms with Crippen LogP contribution in [-0.2, 0) is 43.2 Å². The number of guanidine groups is 1. The van der Waals surface area contributed by atoms with Crippen LogP contribution in [0.2, 0.25) is 0 Å². The van der Waals surface area contributed by atoms with Gasteiger partial charge < -0.3 is 69.2 Å². The molecule has 316 valence electrons. The van der Waals surface area contributed by atoms with Crippen molar-refractivity contribution in [2.24, 2.45) is 28.1 Å². The Labute approximate surface area is 330 Å². The molecule has 0 saturated carbocycles. The van der Waals surface area contributed by atoms with Crippen LogP contribution in [0.3, 0.4) is 0 Å². The van der Waals surface area contributed by atoms with Crippen molar-refractivity contribution >= 4 is 72.1 Å². The van der Waals surface area contributed by atoms with Crippen molar-refractivity contribution < 1.29 is 48.3 Å². The van der Waals surface area contributed by atoms with E-state index in [2.05, 4.69) is 54.8 Å². The van der Waals surface area contributed by atoms with Crippen LogP contribution >= 0.6 is 12.6 Å². The monoisotopic (exact) mass is 814 g/mol. The molecule has 0 aliphatic carbocycles. The van der Waals surface area contributed by atoms with E-state index in [-0.39, 0.29) is 50.1 Å². The molecule has 0 aromatic rings. The molecule has 0 aromatic heterocycles. The van der Waals surface area contributed by atoms with Crippen molar-refractivity contribution in [2.75, 3.05) is 38.5 Å². The van der Waals surface area contributed by atoms with Crippen molar-refractivity contribution in [3.05, 3.63) is 0 Å². The van der Waals surface area contributed by atoms with Crippen molar-refractivity contribution in [2.45, 2.75) is 102 Å². The van der Waals surface area contributed by atoms with Gasteiger partial charge in [-0.2, -0.15) is 12.6 Å². The lowest BCUT2D eigenvalue weighted by Gasteiger charge is -2.28. The topological polar surface area (TPSA) is 352 Å². The van der Waals surface area contributed by atoms with Crippen LogP contribution < -0.4 is 54.4 Å². The summed E-state index contributed by atoms with van der Waals surface area (Å²) in [6.07, 6.45) is 2.14. The first-order valence-electron chi connectivity index (χ1n) is 18.2. The smallest absolute Gasteiger partial charge is 0.245 e. The van der Waals surface area contributed by atoms with Gasteiger partial charge in [-0.05, 0) is 51.9 Å². The fourth-order valence-corrected chi connectivity index (χ4v) is 5.57. The maximum Gasteiger partial charge on any atom is 0.245 e. The van der Waals surface area contributed by atoms with Crippen LogP contribution in [0.4, 0.5) is 0 Å². The molecule has 23 heteroatoms. The number of aldehydes is 1. The van der Waals surface area contributed by atoms with Gasteiger partial charge >= 0.3 is 0 Å². The van der Waals surface area contributed by atoms with Gasteiger partial charge in [0, 0.05) is 18.8 Å². The molecule has 14 N–H and O–H groups in total. The molecule has 8 amide bonds. The molecule has 56 heavy (non-hydrogen) atoms. The average Bonchev–Trinajstić information content (AvgIpc) is 3.64. The van der Waals surface area contributed by atoms with Crippen molar-refractivity contribution in [3.63, 3.8) is 0 Å². The van der Waals surface area contributed by atoms with Gasteiger partial charge in [0.2, 0.25) is 47.3 Å². The van der Waals surface area contributed by atoms with Gasteiger partial charge in [-0.1, -0.05) is 13.8 Å². The summed E-state index contributed by atoms with van der Waals surface area (Å²) in [6.45, 7) is 5.08. The van der Waals surface area contributed by atoms with E-state index in [9.17, 15) is 48.3 Å². The standard InChI is InChI=1S/C33H58N12O10S/c1-17(2)11-21(42-32(55)24-8-6-10-45(24)26(49)13-39-27(50)18(3)34)30(53)43-22(15-47)31(54)44-23(16-56)29(52)38-12-25(48)40-19(4)28(51)41-20(14-46)7-5-9-37-33(35)36/h14,17-24,47,56H,5-13,15-16,34H2,1-4H3,(H,38,52)(H,39,50)(H,40,48)(H,41,51)(H,42,55)(H,43,53)(H,44,54)(H4,35,36,37)/t18-,19-,20-,21-,22-,23-,24-/m0/s1. The normalized spacial score (nSPS) is 16.8. The second-order valence-corrected chi connectivity index (χ2v) is 14.0. The van der Waals surface area contributed by atoms with Crippen LogP contribution in [0, 0.1) is 5.92 Å². The molecule has 22 nitrogen and oxygen atoms in total. The van der Waals surface area contributed by atoms with Crippen LogP contribution in [-0.4, -0.2) is 150 Å². The van der Waals surface area contributed by atoms with E-state index in [4.69, 9.17) is 17.2 Å². The number of carbonyl (C=O) groups is 9. The minimum absolute atomic E-state index is 0.106. The molecular weight excluding hydrogens is 757 g/mol. The van der Waals surface area contributed by atoms with E-state index >= 15 is 0 Å². The molecular formula is C33H58N12O10S. The highest BCUT2D eigenvalue weighted by atomic mass is 32.1. The number of amides is 8. The summed E-state index contributed by atoms with van der Waals surface area (Å²) in [5, 5.41) is 26.9. The first kappa shape index (κ1) is 49.0. The Morgan fingerprint density at radius 2 is 1.46 bits per heavy atom. The summed E-state index contributed by atoms with van der Waals surface area (Å²) in [4.78, 5) is 119. The summed E-state index contributed by atoms with van der Waals surface area (Å²) in [5.74, 6) is -6.18. The number of nitrogens with one attached hydrogen (secondary N) is 7. The summed E-state index contributed by atoms with van der Waals surface area (Å²) < 4.78 is 0. The highest BCUT2D eigenvalue weighted by Gasteiger charge is 2.37. The van der Waals surface area contributed by atoms with Gasteiger partial charge in [-0.25, -0.2) is 0 Å². The second kappa shape index (κ2) is 25.2. The molecule has 1 aliphatic heterocycles. The summed E-state index contributed by atoms with van der Waals surface area (Å²) in [5.41, 5.74) is 16.0. The Kier molecular flexibility index (Phi) is 22.0. The van der Waals surface area contributed by atoms with E-state index in [0.717, 1.165) is 0 Å². The Hall–Kier alpha value is -5.03. The first-order chi connectivity index (χ1) is 26.3. The second-order valence-electron chi connectivity index (χ2n) is 13.6. The summed E-state index contributed by atoms with van der Waals surface area (Å²) in [7, 11) is 0. The molecule has 7 atom stereocenters. The average molecular weight is 815 g/mol. The van der Waals surface area contributed by atoms with Gasteiger partial charge in [-0.15, -0.1) is 0 Å². The predicted molar refractivity (Wildman–Crippen MR) is 206 cm³/mol. The number of nitrogens with two attached hydrogens (primary N) is 3. The lowest BCUT2D eigenvalue weighted by Crippen LogP contribution is -2.59. The molecule has 1 aliphatic rings. The van der Waals surface area contributed by atoms with Crippen molar-refractivity contribution in [3.8, 4) is 0 Å². The number of hydrogen-bond acceptors (Lipinski definition) is 13. The van der Waals surface area contributed by atoms with Crippen LogP contribution in [0.5, 0.6) is 0 Å². The van der Waals surface area contributed by atoms with Crippen LogP contribution in [0.15, 0.2) is 4.99 Å². The zero-order chi connectivity index (χ0) is 42.5. The molecule has 0 bridgehead atoms. The molecule has 0 unspecified atom stereocenters. The number of hydrogen-bond donors (Lipinski definition) is 12. The Bertz CT molecular complexity index is 1430. The third-order valence-electron chi connectivity index (χ3n) is 8.33. The third kappa shape index (κ3) is 17.6. The number of likely N-dealkylation sites (tertiary alicyclic amines) is 1. The highest BCUT2D eigenvalue weighted by Crippen LogP contribution is 2.18. The van der Waals surface area contributed by atoms with E-state index in [1.54, 1.807) is 13.8 Å². The zero-order valence-electron chi connectivity index (χ0n) is 32.2. The van der Waals surface area contributed by atoms with Crippen LogP contribution in [0.1, 0.15) is 59.8 Å². The highest BCUT2D eigenvalue weighted by molar-refractivity contribution is 7.80. The number of carbonyl (C=O) groups excluding carboxylic acids is 9. The minimum atomic E-state index is -1.56. The van der Waals surface area contributed by atoms with Crippen LogP contribution in [0.25, 0.3) is 0 Å². The predicted octanol–water partition coefficient (Wildman–Crippen LogP) is -5.78. The van der Waals surface area contributed by atoms with Gasteiger partial charge in [-0.3, -0.25) is 43.3 Å². The van der Waals surface area contributed by atoms with E-state index in [1.165, 1.54) is 18.7 Å². The fraction of sp³-hybridized carbons (Fsp3) is 0.697. The Morgan fingerprint density at radius 3 is 2.04 bits per heavy atom. The third-order valence-corrected chi connectivity index (χ3v) is 8.69. The maximum absolute atomic E-state index is 13.4. The SMILES string of the molecule is CC(C)C[C@H](NC(=O)[C@@H]1CCCN1C(=O)CNC(=O)[C@H](C)N)C(=O)N[C@@H](CO)C(=O)N[C@@H](CS)C(=O)NCC(=O)N[C@@H](C)C(=O)N[C@H](C=O)CCCN=C(N)N. The van der Waals surface area contributed by atoms with Gasteiger partial charge in [0.15, 0.2) is 5.96 Å². The first-order valence-corrected chi connectivity index (χ1v) is 18.8. The number of thiol groups is 1. The van der Waals surface area contributed by atoms with E-state index in [1.807, 2.05) is 0 Å². The number of nitrogens with zero attached hydrogens (tertiary/aromatic N) is 2. The number of rotatable bonds is 24. The molecule has 1 heterocycles.